The minimum absolute atomic E-state index is 0.0220. The van der Waals surface area contributed by atoms with Crippen molar-refractivity contribution in [1.82, 2.24) is 0 Å². The summed E-state index contributed by atoms with van der Waals surface area (Å²) in [6.45, 7) is 0. The highest BCUT2D eigenvalue weighted by atomic mass is 16.3. The van der Waals surface area contributed by atoms with Crippen LogP contribution in [0.2, 0.25) is 0 Å². The molecule has 0 atom stereocenters. The van der Waals surface area contributed by atoms with Crippen molar-refractivity contribution in [2.45, 2.75) is 0 Å². The van der Waals surface area contributed by atoms with Crippen molar-refractivity contribution in [3.63, 3.8) is 0 Å². The van der Waals surface area contributed by atoms with E-state index < -0.39 is 12.1 Å². The van der Waals surface area contributed by atoms with Crippen LogP contribution < -0.4 is 0 Å². The lowest BCUT2D eigenvalue weighted by atomic mass is 9.83. The first kappa shape index (κ1) is 20.1. The lowest BCUT2D eigenvalue weighted by Gasteiger charge is -2.20. The molecule has 8 aromatic carbocycles. The zero-order chi connectivity index (χ0) is 35.0. The Morgan fingerprint density at radius 1 is 0.378 bits per heavy atom. The number of rotatable bonds is 4. The average molecular weight is 579 g/mol. The van der Waals surface area contributed by atoms with Crippen LogP contribution in [0.25, 0.3) is 88.0 Å². The van der Waals surface area contributed by atoms with E-state index in [2.05, 4.69) is 42.5 Å². The maximum atomic E-state index is 9.88. The number of furan rings is 1. The Hall–Kier alpha value is -5.92. The van der Waals surface area contributed by atoms with Crippen molar-refractivity contribution in [3.8, 4) is 44.5 Å². The summed E-state index contributed by atoms with van der Waals surface area (Å²) in [6.07, 6.45) is 0. The third-order valence-corrected chi connectivity index (χ3v) is 8.59. The molecule has 0 fully saturated rings. The summed E-state index contributed by atoms with van der Waals surface area (Å²) in [4.78, 5) is 0. The Morgan fingerprint density at radius 3 is 1.53 bits per heavy atom. The first-order valence-corrected chi connectivity index (χ1v) is 15.0. The number of fused-ring (bicyclic) bond motifs is 5. The molecule has 1 heteroatoms. The van der Waals surface area contributed by atoms with Crippen LogP contribution in [-0.2, 0) is 0 Å². The van der Waals surface area contributed by atoms with E-state index in [4.69, 9.17) is 9.90 Å². The van der Waals surface area contributed by atoms with Crippen LogP contribution in [0.15, 0.2) is 174 Å². The smallest absolute Gasteiger partial charge is 0.143 e. The van der Waals surface area contributed by atoms with E-state index in [0.717, 1.165) is 43.8 Å². The first-order chi connectivity index (χ1) is 24.9. The molecule has 0 saturated heterocycles. The maximum Gasteiger partial charge on any atom is 0.143 e. The summed E-state index contributed by atoms with van der Waals surface area (Å²) in [5.41, 5.74) is 6.67. The monoisotopic (exact) mass is 578 g/mol. The highest BCUT2D eigenvalue weighted by molar-refractivity contribution is 6.23. The molecular formula is C44H28O. The third kappa shape index (κ3) is 4.09. The zero-order valence-electron chi connectivity index (χ0n) is 30.1. The zero-order valence-corrected chi connectivity index (χ0v) is 24.1. The van der Waals surface area contributed by atoms with Crippen molar-refractivity contribution >= 4 is 43.5 Å². The molecule has 9 aromatic rings. The Bertz CT molecular complexity index is 2800. The number of benzene rings is 8. The molecule has 9 rings (SSSR count). The Labute approximate surface area is 270 Å². The van der Waals surface area contributed by atoms with Gasteiger partial charge in [-0.3, -0.25) is 0 Å². The van der Waals surface area contributed by atoms with Gasteiger partial charge in [0.2, 0.25) is 0 Å². The van der Waals surface area contributed by atoms with Crippen molar-refractivity contribution in [3.05, 3.63) is 170 Å². The molecule has 210 valence electrons. The van der Waals surface area contributed by atoms with Gasteiger partial charge < -0.3 is 4.42 Å². The predicted molar refractivity (Wildman–Crippen MR) is 190 cm³/mol. The Balaban J connectivity index is 1.49. The molecule has 0 radical (unpaired) electrons. The predicted octanol–water partition coefficient (Wildman–Crippen LogP) is 12.6. The van der Waals surface area contributed by atoms with Gasteiger partial charge >= 0.3 is 0 Å². The lowest BCUT2D eigenvalue weighted by molar-refractivity contribution is 0.670. The van der Waals surface area contributed by atoms with Crippen LogP contribution in [0.4, 0.5) is 0 Å². The quantitative estimate of drug-likeness (QED) is 0.189. The van der Waals surface area contributed by atoms with Crippen molar-refractivity contribution in [2.24, 2.45) is 0 Å². The summed E-state index contributed by atoms with van der Waals surface area (Å²) in [5, 5.41) is 4.06. The fraction of sp³-hybridized carbons (Fsp3) is 0. The molecule has 0 saturated carbocycles. The van der Waals surface area contributed by atoms with Crippen LogP contribution in [0, 0.1) is 0 Å². The molecule has 0 spiro atoms. The van der Waals surface area contributed by atoms with E-state index in [1.807, 2.05) is 91.0 Å². The molecule has 1 nitrogen and oxygen atoms in total. The van der Waals surface area contributed by atoms with Gasteiger partial charge in [-0.25, -0.2) is 0 Å². The van der Waals surface area contributed by atoms with Gasteiger partial charge in [-0.05, 0) is 78.6 Å². The fourth-order valence-corrected chi connectivity index (χ4v) is 6.65. The Morgan fingerprint density at radius 2 is 0.889 bits per heavy atom. The van der Waals surface area contributed by atoms with Crippen LogP contribution >= 0.6 is 0 Å². The molecule has 0 unspecified atom stereocenters. The highest BCUT2D eigenvalue weighted by Gasteiger charge is 2.21. The number of hydrogen-bond acceptors (Lipinski definition) is 1. The van der Waals surface area contributed by atoms with E-state index in [0.29, 0.717) is 22.3 Å². The van der Waals surface area contributed by atoms with E-state index >= 15 is 0 Å². The lowest BCUT2D eigenvalue weighted by Crippen LogP contribution is -1.93. The van der Waals surface area contributed by atoms with Gasteiger partial charge in [0.1, 0.15) is 11.2 Å². The normalized spacial score (nSPS) is 13.4. The van der Waals surface area contributed by atoms with Crippen molar-refractivity contribution < 1.29 is 12.6 Å². The van der Waals surface area contributed by atoms with Crippen LogP contribution in [-0.4, -0.2) is 0 Å². The standard InChI is InChI=1S/C44H28O/c1-3-15-29(16-4-1)32-19-7-8-21-34(32)43-37-24-11-9-22-35(37)42(36-23-10-12-25-38(36)43)31-27-39(30-17-5-2-6-18-30)44-40(28-31)33-20-13-14-26-41(33)45-44/h1-28H/i13D,14D,20D,26D,27D,28D. The van der Waals surface area contributed by atoms with Crippen molar-refractivity contribution in [2.75, 3.05) is 0 Å². The Kier molecular flexibility index (Phi) is 4.63. The molecule has 0 bridgehead atoms. The summed E-state index contributed by atoms with van der Waals surface area (Å²) in [5.74, 6) is 0. The van der Waals surface area contributed by atoms with Crippen molar-refractivity contribution in [1.29, 1.82) is 0 Å². The molecule has 1 heterocycles. The molecular weight excluding hydrogens is 544 g/mol. The minimum atomic E-state index is -0.408. The van der Waals surface area contributed by atoms with Crippen LogP contribution in [0.3, 0.4) is 0 Å². The van der Waals surface area contributed by atoms with E-state index in [1.165, 1.54) is 0 Å². The van der Waals surface area contributed by atoms with Gasteiger partial charge in [0.15, 0.2) is 0 Å². The second-order valence-corrected chi connectivity index (χ2v) is 11.1. The topological polar surface area (TPSA) is 13.1 Å². The number of hydrogen-bond donors (Lipinski definition) is 0. The van der Waals surface area contributed by atoms with Gasteiger partial charge in [-0.1, -0.05) is 152 Å². The summed E-state index contributed by atoms with van der Waals surface area (Å²) >= 11 is 0. The molecule has 0 aliphatic carbocycles. The van der Waals surface area contributed by atoms with Crippen LogP contribution in [0.1, 0.15) is 8.22 Å². The van der Waals surface area contributed by atoms with Gasteiger partial charge in [0.05, 0.1) is 8.22 Å². The minimum Gasteiger partial charge on any atom is -0.455 e. The first-order valence-electron chi connectivity index (χ1n) is 18.0. The van der Waals surface area contributed by atoms with Gasteiger partial charge in [-0.15, -0.1) is 0 Å². The highest BCUT2D eigenvalue weighted by Crippen LogP contribution is 2.48. The summed E-state index contributed by atoms with van der Waals surface area (Å²) in [7, 11) is 0. The SMILES string of the molecule is [2H]c1c([2H])c([2H])c2c(oc3c(-c4ccccc4)c([2H])c(-c4c5ccccc5c(-c5ccccc5-c5ccccc5)c5ccccc45)c([2H])c32)c1[2H]. The molecule has 0 N–H and O–H groups in total. The van der Waals surface area contributed by atoms with E-state index in [9.17, 15) is 2.74 Å². The van der Waals surface area contributed by atoms with Gasteiger partial charge in [-0.2, -0.15) is 0 Å². The summed E-state index contributed by atoms with van der Waals surface area (Å²) in [6, 6.07) is 43.0. The van der Waals surface area contributed by atoms with Crippen LogP contribution in [0.5, 0.6) is 0 Å². The largest absolute Gasteiger partial charge is 0.455 e. The second-order valence-electron chi connectivity index (χ2n) is 11.1. The summed E-state index contributed by atoms with van der Waals surface area (Å²) < 4.78 is 60.5. The molecule has 0 aliphatic heterocycles. The molecule has 1 aromatic heterocycles. The average Bonchev–Trinajstić information content (AvgIpc) is 3.58. The van der Waals surface area contributed by atoms with Gasteiger partial charge in [0.25, 0.3) is 0 Å². The molecule has 0 amide bonds. The second kappa shape index (κ2) is 10.4. The van der Waals surface area contributed by atoms with E-state index in [1.54, 1.807) is 0 Å². The number of para-hydroxylation sites is 1. The fourth-order valence-electron chi connectivity index (χ4n) is 6.65. The molecule has 45 heavy (non-hydrogen) atoms. The van der Waals surface area contributed by atoms with E-state index in [-0.39, 0.29) is 46.1 Å². The molecule has 0 aliphatic rings. The maximum absolute atomic E-state index is 9.88. The van der Waals surface area contributed by atoms with Gasteiger partial charge in [0, 0.05) is 16.3 Å². The third-order valence-electron chi connectivity index (χ3n) is 8.59.